The number of H-pyrrole nitrogens is 1. The summed E-state index contributed by atoms with van der Waals surface area (Å²) < 4.78 is 10.7. The predicted molar refractivity (Wildman–Crippen MR) is 145 cm³/mol. The molecule has 8 heteroatoms. The van der Waals surface area contributed by atoms with Crippen LogP contribution in [0.5, 0.6) is 5.75 Å². The minimum atomic E-state index is -0.812. The van der Waals surface area contributed by atoms with E-state index in [1.54, 1.807) is 7.11 Å². The largest absolute Gasteiger partial charge is 0.496 e. The number of hydrogen-bond acceptors (Lipinski definition) is 6. The number of aromatic nitrogens is 1. The summed E-state index contributed by atoms with van der Waals surface area (Å²) in [6, 6.07) is 14.8. The van der Waals surface area contributed by atoms with E-state index in [0.29, 0.717) is 19.4 Å². The van der Waals surface area contributed by atoms with Crippen molar-refractivity contribution in [2.45, 2.75) is 56.2 Å². The van der Waals surface area contributed by atoms with Gasteiger partial charge in [-0.2, -0.15) is 0 Å². The lowest BCUT2D eigenvalue weighted by Crippen LogP contribution is -2.57. The molecule has 1 aliphatic heterocycles. The first-order valence-electron chi connectivity index (χ1n) is 13.4. The molecule has 1 aliphatic carbocycles. The maximum Gasteiger partial charge on any atom is 0.328 e. The summed E-state index contributed by atoms with van der Waals surface area (Å²) >= 11 is 0. The fourth-order valence-electron chi connectivity index (χ4n) is 6.52. The van der Waals surface area contributed by atoms with E-state index < -0.39 is 17.6 Å². The van der Waals surface area contributed by atoms with Gasteiger partial charge >= 0.3 is 5.97 Å². The summed E-state index contributed by atoms with van der Waals surface area (Å²) in [4.78, 5) is 31.5. The molecule has 2 aromatic carbocycles. The lowest BCUT2D eigenvalue weighted by molar-refractivity contribution is -0.146. The Kier molecular flexibility index (Phi) is 7.72. The molecule has 0 bridgehead atoms. The topological polar surface area (TPSA) is 104 Å². The fraction of sp³-hybridized carbons (Fsp3) is 0.467. The van der Waals surface area contributed by atoms with Crippen LogP contribution in [0.4, 0.5) is 0 Å². The average Bonchev–Trinajstić information content (AvgIpc) is 3.35. The second-order valence-electron chi connectivity index (χ2n) is 10.6. The molecule has 5 rings (SSSR count). The Morgan fingerprint density at radius 2 is 1.92 bits per heavy atom. The third-order valence-corrected chi connectivity index (χ3v) is 8.40. The second-order valence-corrected chi connectivity index (χ2v) is 10.6. The number of piperidine rings is 1. The quantitative estimate of drug-likeness (QED) is 0.392. The van der Waals surface area contributed by atoms with E-state index in [9.17, 15) is 14.7 Å². The standard InChI is InChI=1S/C30H37N3O5/c1-37-26-13-6-4-10-22(26)28-23-11-7-8-14-30(23,36)15-16-33(28)19-27(34)32-25(29(35)38-2)17-20-18-31-24-12-5-3-9-21(20)24/h3-6,9-10,12-13,18,23,25,28,31,36H,7-8,11,14-17,19H2,1-2H3,(H,32,34)/t23-,25-,28-,30+/m0/s1. The van der Waals surface area contributed by atoms with Crippen LogP contribution in [-0.2, 0) is 20.7 Å². The van der Waals surface area contributed by atoms with Gasteiger partial charge in [0.25, 0.3) is 0 Å². The predicted octanol–water partition coefficient (Wildman–Crippen LogP) is 3.75. The molecule has 3 N–H and O–H groups in total. The van der Waals surface area contributed by atoms with Gasteiger partial charge in [0.15, 0.2) is 0 Å². The van der Waals surface area contributed by atoms with Crippen LogP contribution in [0.15, 0.2) is 54.7 Å². The molecule has 0 spiro atoms. The van der Waals surface area contributed by atoms with Crippen molar-refractivity contribution in [3.05, 3.63) is 65.9 Å². The van der Waals surface area contributed by atoms with Gasteiger partial charge < -0.3 is 24.9 Å². The summed E-state index contributed by atoms with van der Waals surface area (Å²) in [6.45, 7) is 0.686. The molecular weight excluding hydrogens is 482 g/mol. The minimum Gasteiger partial charge on any atom is -0.496 e. The number of fused-ring (bicyclic) bond motifs is 2. The Bertz CT molecular complexity index is 1290. The smallest absolute Gasteiger partial charge is 0.328 e. The molecule has 3 aromatic rings. The van der Waals surface area contributed by atoms with Gasteiger partial charge in [-0.15, -0.1) is 0 Å². The highest BCUT2D eigenvalue weighted by atomic mass is 16.5. The number of ether oxygens (including phenoxy) is 2. The summed E-state index contributed by atoms with van der Waals surface area (Å²) in [5, 5.41) is 15.5. The summed E-state index contributed by atoms with van der Waals surface area (Å²) in [7, 11) is 2.99. The molecule has 1 saturated heterocycles. The number of hydrogen-bond donors (Lipinski definition) is 3. The zero-order valence-electron chi connectivity index (χ0n) is 22.1. The van der Waals surface area contributed by atoms with Crippen molar-refractivity contribution in [3.63, 3.8) is 0 Å². The summed E-state index contributed by atoms with van der Waals surface area (Å²) in [5.41, 5.74) is 2.15. The van der Waals surface area contributed by atoms with Gasteiger partial charge in [0.2, 0.25) is 5.91 Å². The van der Waals surface area contributed by atoms with Crippen LogP contribution in [0.1, 0.15) is 49.3 Å². The molecular formula is C30H37N3O5. The van der Waals surface area contributed by atoms with E-state index in [2.05, 4.69) is 15.2 Å². The van der Waals surface area contributed by atoms with Crippen molar-refractivity contribution in [2.75, 3.05) is 27.3 Å². The molecule has 2 heterocycles. The lowest BCUT2D eigenvalue weighted by atomic mass is 9.66. The van der Waals surface area contributed by atoms with Crippen molar-refractivity contribution in [2.24, 2.45) is 5.92 Å². The number of nitrogens with zero attached hydrogens (tertiary/aromatic N) is 1. The van der Waals surface area contributed by atoms with Crippen molar-refractivity contribution in [1.29, 1.82) is 0 Å². The van der Waals surface area contributed by atoms with Crippen molar-refractivity contribution in [3.8, 4) is 5.75 Å². The maximum atomic E-state index is 13.4. The number of methoxy groups -OCH3 is 2. The van der Waals surface area contributed by atoms with Crippen molar-refractivity contribution in [1.82, 2.24) is 15.2 Å². The molecule has 0 radical (unpaired) electrons. The molecule has 202 valence electrons. The Hall–Kier alpha value is -3.36. The van der Waals surface area contributed by atoms with Crippen LogP contribution in [0, 0.1) is 5.92 Å². The third kappa shape index (κ3) is 5.15. The SMILES string of the molecule is COC(=O)[C@H](Cc1c[nH]c2ccccc12)NC(=O)CN1CC[C@]2(O)CCCC[C@H]2[C@@H]1c1ccccc1OC. The van der Waals surface area contributed by atoms with Gasteiger partial charge in [0, 0.05) is 47.6 Å². The van der Waals surface area contributed by atoms with Gasteiger partial charge in [-0.25, -0.2) is 4.79 Å². The number of rotatable bonds is 8. The van der Waals surface area contributed by atoms with Crippen LogP contribution in [0.25, 0.3) is 10.9 Å². The van der Waals surface area contributed by atoms with E-state index in [1.807, 2.05) is 54.7 Å². The Morgan fingerprint density at radius 1 is 1.13 bits per heavy atom. The van der Waals surface area contributed by atoms with Gasteiger partial charge in [-0.3, -0.25) is 9.69 Å². The number of amides is 1. The molecule has 0 unspecified atom stereocenters. The zero-order valence-corrected chi connectivity index (χ0v) is 22.1. The lowest BCUT2D eigenvalue weighted by Gasteiger charge is -2.52. The van der Waals surface area contributed by atoms with Gasteiger partial charge in [-0.1, -0.05) is 49.2 Å². The molecule has 1 amide bonds. The van der Waals surface area contributed by atoms with Crippen LogP contribution >= 0.6 is 0 Å². The summed E-state index contributed by atoms with van der Waals surface area (Å²) in [6.07, 6.45) is 6.54. The number of carbonyl (C=O) groups is 2. The highest BCUT2D eigenvalue weighted by molar-refractivity contribution is 5.88. The molecule has 4 atom stereocenters. The van der Waals surface area contributed by atoms with Crippen LogP contribution in [0.2, 0.25) is 0 Å². The highest BCUT2D eigenvalue weighted by Gasteiger charge is 2.49. The van der Waals surface area contributed by atoms with Crippen molar-refractivity contribution < 1.29 is 24.2 Å². The average molecular weight is 520 g/mol. The molecule has 1 saturated carbocycles. The normalized spacial score (nSPS) is 24.4. The first kappa shape index (κ1) is 26.3. The van der Waals surface area contributed by atoms with Crippen LogP contribution < -0.4 is 10.1 Å². The van der Waals surface area contributed by atoms with E-state index in [0.717, 1.165) is 53.5 Å². The number of nitrogens with one attached hydrogen (secondary N) is 2. The number of para-hydroxylation sites is 2. The van der Waals surface area contributed by atoms with E-state index >= 15 is 0 Å². The Morgan fingerprint density at radius 3 is 2.74 bits per heavy atom. The number of likely N-dealkylation sites (tertiary alicyclic amines) is 1. The zero-order chi connectivity index (χ0) is 26.7. The van der Waals surface area contributed by atoms with E-state index in [-0.39, 0.29) is 24.4 Å². The highest BCUT2D eigenvalue weighted by Crippen LogP contribution is 2.50. The number of aliphatic hydroxyl groups is 1. The Labute approximate surface area is 223 Å². The first-order chi connectivity index (χ1) is 18.4. The van der Waals surface area contributed by atoms with Crippen molar-refractivity contribution >= 4 is 22.8 Å². The second kappa shape index (κ2) is 11.2. The van der Waals surface area contributed by atoms with Gasteiger partial charge in [0.05, 0.1) is 26.4 Å². The number of carbonyl (C=O) groups excluding carboxylic acids is 2. The van der Waals surface area contributed by atoms with E-state index in [1.165, 1.54) is 7.11 Å². The molecule has 38 heavy (non-hydrogen) atoms. The van der Waals surface area contributed by atoms with Gasteiger partial charge in [-0.05, 0) is 37.0 Å². The maximum absolute atomic E-state index is 13.4. The van der Waals surface area contributed by atoms with Gasteiger partial charge in [0.1, 0.15) is 11.8 Å². The van der Waals surface area contributed by atoms with Crippen LogP contribution in [-0.4, -0.2) is 65.8 Å². The fourth-order valence-corrected chi connectivity index (χ4v) is 6.52. The number of benzene rings is 2. The van der Waals surface area contributed by atoms with E-state index in [4.69, 9.17) is 9.47 Å². The Balaban J connectivity index is 1.37. The van der Waals surface area contributed by atoms with Crippen LogP contribution in [0.3, 0.4) is 0 Å². The molecule has 8 nitrogen and oxygen atoms in total. The molecule has 1 aromatic heterocycles. The monoisotopic (exact) mass is 519 g/mol. The first-order valence-corrected chi connectivity index (χ1v) is 13.4. The third-order valence-electron chi connectivity index (χ3n) is 8.40. The summed E-state index contributed by atoms with van der Waals surface area (Å²) in [5.74, 6) is 0.0211. The number of esters is 1. The molecule has 2 aliphatic rings. The number of aromatic amines is 1. The minimum absolute atomic E-state index is 0.00303. The molecule has 2 fully saturated rings.